The number of amides is 1. The average Bonchev–Trinajstić information content (AvgIpc) is 2.63. The van der Waals surface area contributed by atoms with Gasteiger partial charge in [-0.3, -0.25) is 4.79 Å². The molecule has 6 nitrogen and oxygen atoms in total. The summed E-state index contributed by atoms with van der Waals surface area (Å²) < 4.78 is 18.0. The SMILES string of the molecule is COc1cc(Nc2ccc(NC(=O)c3ccc(F)cc3)cc2)nc(C)n1. The van der Waals surface area contributed by atoms with E-state index < -0.39 is 0 Å². The van der Waals surface area contributed by atoms with E-state index in [9.17, 15) is 9.18 Å². The molecule has 2 N–H and O–H groups in total. The number of carbonyl (C=O) groups excluding carboxylic acids is 1. The first-order valence-corrected chi connectivity index (χ1v) is 7.87. The lowest BCUT2D eigenvalue weighted by Gasteiger charge is -2.09. The van der Waals surface area contributed by atoms with Gasteiger partial charge in [0.1, 0.15) is 17.5 Å². The van der Waals surface area contributed by atoms with E-state index in [1.165, 1.54) is 24.3 Å². The molecule has 0 aliphatic heterocycles. The number of hydrogen-bond acceptors (Lipinski definition) is 5. The molecule has 3 aromatic rings. The number of aryl methyl sites for hydroxylation is 1. The van der Waals surface area contributed by atoms with E-state index in [1.54, 1.807) is 32.2 Å². The molecule has 26 heavy (non-hydrogen) atoms. The van der Waals surface area contributed by atoms with E-state index in [0.29, 0.717) is 28.8 Å². The Kier molecular flexibility index (Phi) is 5.07. The smallest absolute Gasteiger partial charge is 0.255 e. The summed E-state index contributed by atoms with van der Waals surface area (Å²) in [6.07, 6.45) is 0. The molecule has 0 bridgehead atoms. The van der Waals surface area contributed by atoms with Crippen molar-refractivity contribution in [2.45, 2.75) is 6.92 Å². The molecule has 0 atom stereocenters. The first-order chi connectivity index (χ1) is 12.5. The van der Waals surface area contributed by atoms with Gasteiger partial charge in [-0.2, -0.15) is 4.98 Å². The van der Waals surface area contributed by atoms with Crippen LogP contribution in [0, 0.1) is 12.7 Å². The van der Waals surface area contributed by atoms with Crippen molar-refractivity contribution in [3.63, 3.8) is 0 Å². The second-order valence-electron chi connectivity index (χ2n) is 5.51. The van der Waals surface area contributed by atoms with Gasteiger partial charge in [-0.15, -0.1) is 0 Å². The van der Waals surface area contributed by atoms with Gasteiger partial charge in [-0.05, 0) is 55.5 Å². The minimum Gasteiger partial charge on any atom is -0.481 e. The van der Waals surface area contributed by atoms with Gasteiger partial charge in [0.15, 0.2) is 0 Å². The number of nitrogens with one attached hydrogen (secondary N) is 2. The molecular formula is C19H17FN4O2. The lowest BCUT2D eigenvalue weighted by molar-refractivity contribution is 0.102. The summed E-state index contributed by atoms with van der Waals surface area (Å²) in [5, 5.41) is 5.91. The van der Waals surface area contributed by atoms with Crippen molar-refractivity contribution in [3.8, 4) is 5.88 Å². The Labute approximate surface area is 150 Å². The van der Waals surface area contributed by atoms with Crippen LogP contribution in [0.25, 0.3) is 0 Å². The summed E-state index contributed by atoms with van der Waals surface area (Å²) >= 11 is 0. The third-order valence-electron chi connectivity index (χ3n) is 3.55. The Morgan fingerprint density at radius 3 is 2.31 bits per heavy atom. The summed E-state index contributed by atoms with van der Waals surface area (Å²) in [5.41, 5.74) is 1.81. The van der Waals surface area contributed by atoms with E-state index >= 15 is 0 Å². The highest BCUT2D eigenvalue weighted by Gasteiger charge is 2.07. The van der Waals surface area contributed by atoms with Crippen LogP contribution in [0.2, 0.25) is 0 Å². The normalized spacial score (nSPS) is 10.3. The van der Waals surface area contributed by atoms with Crippen molar-refractivity contribution in [1.82, 2.24) is 9.97 Å². The van der Waals surface area contributed by atoms with Crippen molar-refractivity contribution in [3.05, 3.63) is 71.8 Å². The third-order valence-corrected chi connectivity index (χ3v) is 3.55. The van der Waals surface area contributed by atoms with Crippen molar-refractivity contribution in [2.24, 2.45) is 0 Å². The zero-order valence-corrected chi connectivity index (χ0v) is 14.3. The predicted molar refractivity (Wildman–Crippen MR) is 97.4 cm³/mol. The molecule has 0 spiro atoms. The van der Waals surface area contributed by atoms with Crippen LogP contribution in [0.3, 0.4) is 0 Å². The maximum Gasteiger partial charge on any atom is 0.255 e. The number of anilines is 3. The molecule has 0 unspecified atom stereocenters. The number of ether oxygens (including phenoxy) is 1. The van der Waals surface area contributed by atoms with Crippen LogP contribution in [-0.4, -0.2) is 23.0 Å². The molecule has 1 aromatic heterocycles. The van der Waals surface area contributed by atoms with Crippen LogP contribution in [0.15, 0.2) is 54.6 Å². The molecule has 0 aliphatic carbocycles. The van der Waals surface area contributed by atoms with Crippen molar-refractivity contribution in [1.29, 1.82) is 0 Å². The van der Waals surface area contributed by atoms with Crippen LogP contribution in [0.4, 0.5) is 21.6 Å². The lowest BCUT2D eigenvalue weighted by Crippen LogP contribution is -2.11. The minimum atomic E-state index is -0.381. The van der Waals surface area contributed by atoms with Gasteiger partial charge in [0.25, 0.3) is 5.91 Å². The minimum absolute atomic E-state index is 0.304. The fourth-order valence-corrected chi connectivity index (χ4v) is 2.30. The van der Waals surface area contributed by atoms with Gasteiger partial charge < -0.3 is 15.4 Å². The number of hydrogen-bond donors (Lipinski definition) is 2. The Hall–Kier alpha value is -3.48. The molecule has 0 saturated heterocycles. The second kappa shape index (κ2) is 7.60. The zero-order valence-electron chi connectivity index (χ0n) is 14.3. The topological polar surface area (TPSA) is 76.1 Å². The summed E-state index contributed by atoms with van der Waals surface area (Å²) in [7, 11) is 1.55. The molecule has 7 heteroatoms. The standard InChI is InChI=1S/C19H17FN4O2/c1-12-21-17(11-18(22-12)26-2)23-15-7-9-16(10-8-15)24-19(25)13-3-5-14(20)6-4-13/h3-11H,1-2H3,(H,24,25)(H,21,22,23). The summed E-state index contributed by atoms with van der Waals surface area (Å²) in [6.45, 7) is 1.78. The fourth-order valence-electron chi connectivity index (χ4n) is 2.30. The third kappa shape index (κ3) is 4.32. The quantitative estimate of drug-likeness (QED) is 0.728. The molecule has 3 rings (SSSR count). The van der Waals surface area contributed by atoms with Crippen LogP contribution < -0.4 is 15.4 Å². The van der Waals surface area contributed by atoms with Crippen LogP contribution in [0.1, 0.15) is 16.2 Å². The van der Waals surface area contributed by atoms with Gasteiger partial charge in [0, 0.05) is 23.0 Å². The van der Waals surface area contributed by atoms with E-state index in [0.717, 1.165) is 5.69 Å². The first kappa shape index (κ1) is 17.3. The Morgan fingerprint density at radius 1 is 1.00 bits per heavy atom. The van der Waals surface area contributed by atoms with Gasteiger partial charge in [-0.25, -0.2) is 9.37 Å². The summed E-state index contributed by atoms with van der Waals surface area (Å²) in [6, 6.07) is 14.2. The number of methoxy groups -OCH3 is 1. The van der Waals surface area contributed by atoms with Crippen LogP contribution in [0.5, 0.6) is 5.88 Å². The van der Waals surface area contributed by atoms with Gasteiger partial charge >= 0.3 is 0 Å². The number of halogens is 1. The molecule has 1 heterocycles. The molecule has 1 amide bonds. The number of benzene rings is 2. The highest BCUT2D eigenvalue weighted by molar-refractivity contribution is 6.04. The summed E-state index contributed by atoms with van der Waals surface area (Å²) in [5.74, 6) is 0.992. The van der Waals surface area contributed by atoms with E-state index in [-0.39, 0.29) is 11.7 Å². The summed E-state index contributed by atoms with van der Waals surface area (Å²) in [4.78, 5) is 20.6. The number of nitrogens with zero attached hydrogens (tertiary/aromatic N) is 2. The molecule has 0 radical (unpaired) electrons. The van der Waals surface area contributed by atoms with E-state index in [1.807, 2.05) is 12.1 Å². The molecule has 0 aliphatic rings. The van der Waals surface area contributed by atoms with E-state index in [2.05, 4.69) is 20.6 Å². The average molecular weight is 352 g/mol. The number of rotatable bonds is 5. The van der Waals surface area contributed by atoms with Crippen molar-refractivity contribution >= 4 is 23.1 Å². The number of aromatic nitrogens is 2. The molecule has 132 valence electrons. The molecule has 0 saturated carbocycles. The molecule has 2 aromatic carbocycles. The molecular weight excluding hydrogens is 335 g/mol. The van der Waals surface area contributed by atoms with Gasteiger partial charge in [-0.1, -0.05) is 0 Å². The monoisotopic (exact) mass is 352 g/mol. The Bertz CT molecular complexity index is 912. The first-order valence-electron chi connectivity index (χ1n) is 7.87. The highest BCUT2D eigenvalue weighted by atomic mass is 19.1. The fraction of sp³-hybridized carbons (Fsp3) is 0.105. The largest absolute Gasteiger partial charge is 0.481 e. The van der Waals surface area contributed by atoms with Crippen LogP contribution >= 0.6 is 0 Å². The Morgan fingerprint density at radius 2 is 1.65 bits per heavy atom. The highest BCUT2D eigenvalue weighted by Crippen LogP contribution is 2.20. The zero-order chi connectivity index (χ0) is 18.5. The Balaban J connectivity index is 1.67. The van der Waals surface area contributed by atoms with Crippen molar-refractivity contribution < 1.29 is 13.9 Å². The lowest BCUT2D eigenvalue weighted by atomic mass is 10.2. The van der Waals surface area contributed by atoms with Crippen molar-refractivity contribution in [2.75, 3.05) is 17.7 Å². The van der Waals surface area contributed by atoms with Gasteiger partial charge in [0.2, 0.25) is 5.88 Å². The van der Waals surface area contributed by atoms with E-state index in [4.69, 9.17) is 4.74 Å². The molecule has 0 fully saturated rings. The maximum absolute atomic E-state index is 12.9. The number of carbonyl (C=O) groups is 1. The predicted octanol–water partition coefficient (Wildman–Crippen LogP) is 3.93. The van der Waals surface area contributed by atoms with Gasteiger partial charge in [0.05, 0.1) is 7.11 Å². The second-order valence-corrected chi connectivity index (χ2v) is 5.51. The maximum atomic E-state index is 12.9. The van der Waals surface area contributed by atoms with Crippen LogP contribution in [-0.2, 0) is 0 Å².